The number of amides is 1. The van der Waals surface area contributed by atoms with Crippen LogP contribution in [0.5, 0.6) is 0 Å². The largest absolute Gasteiger partial charge is 0.373 e. The lowest BCUT2D eigenvalue weighted by molar-refractivity contribution is -0.0440. The van der Waals surface area contributed by atoms with Crippen molar-refractivity contribution < 1.29 is 17.9 Å². The van der Waals surface area contributed by atoms with E-state index in [1.54, 1.807) is 12.1 Å². The van der Waals surface area contributed by atoms with Crippen LogP contribution in [0.3, 0.4) is 0 Å². The van der Waals surface area contributed by atoms with Gasteiger partial charge in [0.1, 0.15) is 0 Å². The van der Waals surface area contributed by atoms with Crippen LogP contribution in [0, 0.1) is 0 Å². The number of sulfonamides is 1. The molecule has 1 amide bonds. The van der Waals surface area contributed by atoms with E-state index < -0.39 is 10.0 Å². The van der Waals surface area contributed by atoms with Gasteiger partial charge in [-0.25, -0.2) is 8.42 Å². The van der Waals surface area contributed by atoms with Crippen LogP contribution in [0.15, 0.2) is 29.2 Å². The number of hydrogen-bond donors (Lipinski definition) is 2. The van der Waals surface area contributed by atoms with Crippen molar-refractivity contribution >= 4 is 15.9 Å². The third-order valence-electron chi connectivity index (χ3n) is 4.13. The van der Waals surface area contributed by atoms with Gasteiger partial charge < -0.3 is 15.4 Å². The van der Waals surface area contributed by atoms with E-state index in [4.69, 9.17) is 4.74 Å². The molecule has 2 atom stereocenters. The number of ether oxygens (including phenoxy) is 1. The molecule has 1 fully saturated rings. The van der Waals surface area contributed by atoms with Gasteiger partial charge in [-0.2, -0.15) is 4.31 Å². The van der Waals surface area contributed by atoms with Crippen molar-refractivity contribution in [3.05, 3.63) is 29.8 Å². The van der Waals surface area contributed by atoms with Crippen LogP contribution in [0.25, 0.3) is 0 Å². The summed E-state index contributed by atoms with van der Waals surface area (Å²) in [4.78, 5) is 12.4. The Balaban J connectivity index is 2.06. The highest BCUT2D eigenvalue weighted by molar-refractivity contribution is 7.89. The molecule has 0 saturated carbocycles. The SMILES string of the molecule is CCCNCCNC(=O)c1cccc(S(=O)(=O)N2CC(C)OC(C)C2)c1. The van der Waals surface area contributed by atoms with Crippen LogP contribution in [0.2, 0.25) is 0 Å². The van der Waals surface area contributed by atoms with Crippen molar-refractivity contribution in [2.45, 2.75) is 44.3 Å². The summed E-state index contributed by atoms with van der Waals surface area (Å²) < 4.78 is 32.9. The fourth-order valence-electron chi connectivity index (χ4n) is 2.94. The first-order valence-corrected chi connectivity index (χ1v) is 10.5. The normalized spacial score (nSPS) is 21.5. The number of hydrogen-bond acceptors (Lipinski definition) is 5. The van der Waals surface area contributed by atoms with Gasteiger partial charge in [0, 0.05) is 31.7 Å². The minimum Gasteiger partial charge on any atom is -0.373 e. The van der Waals surface area contributed by atoms with Gasteiger partial charge >= 0.3 is 0 Å². The Hall–Kier alpha value is -1.48. The molecule has 26 heavy (non-hydrogen) atoms. The molecule has 1 heterocycles. The lowest BCUT2D eigenvalue weighted by Gasteiger charge is -2.34. The number of carbonyl (C=O) groups excluding carboxylic acids is 1. The third kappa shape index (κ3) is 5.51. The van der Waals surface area contributed by atoms with Crippen molar-refractivity contribution in [1.82, 2.24) is 14.9 Å². The first-order chi connectivity index (χ1) is 12.3. The second kappa shape index (κ2) is 9.45. The van der Waals surface area contributed by atoms with Crippen LogP contribution in [0.1, 0.15) is 37.6 Å². The number of nitrogens with zero attached hydrogens (tertiary/aromatic N) is 1. The molecule has 0 aromatic heterocycles. The van der Waals surface area contributed by atoms with E-state index in [9.17, 15) is 13.2 Å². The first-order valence-electron chi connectivity index (χ1n) is 9.09. The maximum atomic E-state index is 12.9. The molecule has 1 aliphatic rings. The summed E-state index contributed by atoms with van der Waals surface area (Å²) in [5.41, 5.74) is 0.343. The Kier molecular flexibility index (Phi) is 7.57. The molecular weight excluding hydrogens is 354 g/mol. The Bertz CT molecular complexity index is 698. The molecular formula is C18H29N3O4S. The van der Waals surface area contributed by atoms with Crippen molar-refractivity contribution in [3.8, 4) is 0 Å². The predicted molar refractivity (Wildman–Crippen MR) is 101 cm³/mol. The molecule has 1 saturated heterocycles. The van der Waals surface area contributed by atoms with Gasteiger partial charge in [-0.1, -0.05) is 13.0 Å². The maximum Gasteiger partial charge on any atom is 0.251 e. The summed E-state index contributed by atoms with van der Waals surface area (Å²) in [6.45, 7) is 8.49. The molecule has 0 spiro atoms. The second-order valence-corrected chi connectivity index (χ2v) is 8.55. The fourth-order valence-corrected chi connectivity index (χ4v) is 4.58. The minimum absolute atomic E-state index is 0.135. The number of morpholine rings is 1. The number of nitrogens with one attached hydrogen (secondary N) is 2. The van der Waals surface area contributed by atoms with Crippen LogP contribution < -0.4 is 10.6 Å². The topological polar surface area (TPSA) is 87.7 Å². The van der Waals surface area contributed by atoms with Gasteiger partial charge in [-0.15, -0.1) is 0 Å². The first kappa shape index (κ1) is 20.8. The van der Waals surface area contributed by atoms with E-state index in [1.807, 2.05) is 13.8 Å². The van der Waals surface area contributed by atoms with E-state index in [0.717, 1.165) is 13.0 Å². The van der Waals surface area contributed by atoms with Crippen LogP contribution in [-0.2, 0) is 14.8 Å². The van der Waals surface area contributed by atoms with Crippen molar-refractivity contribution in [2.24, 2.45) is 0 Å². The van der Waals surface area contributed by atoms with Crippen molar-refractivity contribution in [1.29, 1.82) is 0 Å². The highest BCUT2D eigenvalue weighted by Crippen LogP contribution is 2.21. The van der Waals surface area contributed by atoms with Gasteiger partial charge in [0.05, 0.1) is 17.1 Å². The molecule has 1 aromatic carbocycles. The summed E-state index contributed by atoms with van der Waals surface area (Å²) in [6.07, 6.45) is 0.721. The average Bonchev–Trinajstić information content (AvgIpc) is 2.60. The quantitative estimate of drug-likeness (QED) is 0.659. The maximum absolute atomic E-state index is 12.9. The van der Waals surface area contributed by atoms with Crippen molar-refractivity contribution in [3.63, 3.8) is 0 Å². The zero-order chi connectivity index (χ0) is 19.2. The van der Waals surface area contributed by atoms with E-state index in [0.29, 0.717) is 31.7 Å². The highest BCUT2D eigenvalue weighted by Gasteiger charge is 2.32. The fraction of sp³-hybridized carbons (Fsp3) is 0.611. The molecule has 7 nitrogen and oxygen atoms in total. The van der Waals surface area contributed by atoms with Gasteiger partial charge in [0.15, 0.2) is 0 Å². The molecule has 0 aliphatic carbocycles. The van der Waals surface area contributed by atoms with E-state index in [1.165, 1.54) is 16.4 Å². The number of benzene rings is 1. The minimum atomic E-state index is -3.66. The van der Waals surface area contributed by atoms with Crippen LogP contribution in [-0.4, -0.2) is 63.6 Å². The zero-order valence-corrected chi connectivity index (χ0v) is 16.5. The Labute approximate surface area is 156 Å². The Morgan fingerprint density at radius 1 is 1.19 bits per heavy atom. The second-order valence-electron chi connectivity index (χ2n) is 6.61. The van der Waals surface area contributed by atoms with Crippen molar-refractivity contribution in [2.75, 3.05) is 32.7 Å². The average molecular weight is 384 g/mol. The molecule has 2 N–H and O–H groups in total. The van der Waals surface area contributed by atoms with Gasteiger partial charge in [0.2, 0.25) is 10.0 Å². The molecule has 1 aliphatic heterocycles. The van der Waals surface area contributed by atoms with Crippen LogP contribution in [0.4, 0.5) is 0 Å². The molecule has 2 unspecified atom stereocenters. The van der Waals surface area contributed by atoms with E-state index in [2.05, 4.69) is 17.6 Å². The summed E-state index contributed by atoms with van der Waals surface area (Å²) in [7, 11) is -3.66. The Morgan fingerprint density at radius 3 is 2.54 bits per heavy atom. The number of rotatable bonds is 8. The molecule has 8 heteroatoms. The van der Waals surface area contributed by atoms with Gasteiger partial charge in [-0.3, -0.25) is 4.79 Å². The lowest BCUT2D eigenvalue weighted by atomic mass is 10.2. The standard InChI is InChI=1S/C18H29N3O4S/c1-4-8-19-9-10-20-18(22)16-6-5-7-17(11-16)26(23,24)21-12-14(2)25-15(3)13-21/h5-7,11,14-15,19H,4,8-10,12-13H2,1-3H3,(H,20,22). The van der Waals surface area contributed by atoms with Gasteiger partial charge in [-0.05, 0) is 45.0 Å². The summed E-state index contributed by atoms with van der Waals surface area (Å²) in [6, 6.07) is 6.19. The summed E-state index contributed by atoms with van der Waals surface area (Å²) in [5.74, 6) is -0.274. The van der Waals surface area contributed by atoms with E-state index >= 15 is 0 Å². The smallest absolute Gasteiger partial charge is 0.251 e. The van der Waals surface area contributed by atoms with Crippen LogP contribution >= 0.6 is 0 Å². The molecule has 1 aromatic rings. The molecule has 0 bridgehead atoms. The molecule has 2 rings (SSSR count). The van der Waals surface area contributed by atoms with Gasteiger partial charge in [0.25, 0.3) is 5.91 Å². The summed E-state index contributed by atoms with van der Waals surface area (Å²) in [5, 5.41) is 6.00. The predicted octanol–water partition coefficient (Wildman–Crippen LogP) is 1.21. The lowest BCUT2D eigenvalue weighted by Crippen LogP contribution is -2.48. The monoisotopic (exact) mass is 383 g/mol. The zero-order valence-electron chi connectivity index (χ0n) is 15.7. The van der Waals surface area contributed by atoms with E-state index in [-0.39, 0.29) is 23.0 Å². The third-order valence-corrected chi connectivity index (χ3v) is 5.96. The molecule has 0 radical (unpaired) electrons. The molecule has 146 valence electrons. The Morgan fingerprint density at radius 2 is 1.88 bits per heavy atom. The summed E-state index contributed by atoms with van der Waals surface area (Å²) >= 11 is 0. The number of carbonyl (C=O) groups is 1. The highest BCUT2D eigenvalue weighted by atomic mass is 32.2.